The van der Waals surface area contributed by atoms with Crippen molar-refractivity contribution in [3.8, 4) is 11.5 Å². The summed E-state index contributed by atoms with van der Waals surface area (Å²) in [5.41, 5.74) is 2.13. The molecule has 0 spiro atoms. The quantitative estimate of drug-likeness (QED) is 0.913. The molecule has 3 rings (SSSR count). The fraction of sp³-hybridized carbons (Fsp3) is 0.231. The Hall–Kier alpha value is -2.15. The van der Waals surface area contributed by atoms with Crippen LogP contribution in [0, 0.1) is 13.8 Å². The summed E-state index contributed by atoms with van der Waals surface area (Å²) in [5, 5.41) is 11.1. The van der Waals surface area contributed by atoms with Crippen LogP contribution < -0.4 is 14.8 Å². The van der Waals surface area contributed by atoms with Crippen molar-refractivity contribution in [3.63, 3.8) is 0 Å². The molecular formula is C13H10ClF2N3O2. The first-order valence-electron chi connectivity index (χ1n) is 6.02. The van der Waals surface area contributed by atoms with E-state index in [2.05, 4.69) is 25.0 Å². The molecule has 0 saturated carbocycles. The van der Waals surface area contributed by atoms with Crippen molar-refractivity contribution in [1.82, 2.24) is 10.2 Å². The lowest BCUT2D eigenvalue weighted by Gasteiger charge is -2.10. The zero-order valence-electron chi connectivity index (χ0n) is 11.1. The Labute approximate surface area is 123 Å². The molecule has 0 unspecified atom stereocenters. The van der Waals surface area contributed by atoms with Crippen LogP contribution in [0.15, 0.2) is 18.2 Å². The molecule has 2 aromatic rings. The highest BCUT2D eigenvalue weighted by molar-refractivity contribution is 6.30. The molecule has 0 amide bonds. The Bertz CT molecular complexity index is 725. The lowest BCUT2D eigenvalue weighted by Crippen LogP contribution is -2.25. The highest BCUT2D eigenvalue weighted by atomic mass is 35.5. The van der Waals surface area contributed by atoms with Crippen LogP contribution in [-0.4, -0.2) is 16.5 Å². The third kappa shape index (κ3) is 2.56. The molecule has 1 aromatic heterocycles. The number of ether oxygens (including phenoxy) is 2. The summed E-state index contributed by atoms with van der Waals surface area (Å²) in [6.45, 7) is 3.65. The SMILES string of the molecule is Cc1c(Cl)nnc(Nc2ccc3c(c2)OC(F)(F)O3)c1C. The number of anilines is 2. The van der Waals surface area contributed by atoms with Crippen molar-refractivity contribution in [1.29, 1.82) is 0 Å². The normalized spacial score (nSPS) is 15.1. The second kappa shape index (κ2) is 4.70. The average Bonchev–Trinajstić information content (AvgIpc) is 2.72. The summed E-state index contributed by atoms with van der Waals surface area (Å²) in [6.07, 6.45) is -3.63. The predicted octanol–water partition coefficient (Wildman–Crippen LogP) is 3.81. The van der Waals surface area contributed by atoms with Gasteiger partial charge in [0.1, 0.15) is 0 Å². The fourth-order valence-electron chi connectivity index (χ4n) is 1.86. The molecule has 0 bridgehead atoms. The van der Waals surface area contributed by atoms with Crippen LogP contribution in [0.4, 0.5) is 20.3 Å². The fourth-order valence-corrected chi connectivity index (χ4v) is 2.04. The number of rotatable bonds is 2. The molecule has 8 heteroatoms. The van der Waals surface area contributed by atoms with Crippen molar-refractivity contribution >= 4 is 23.1 Å². The van der Waals surface area contributed by atoms with E-state index in [-0.39, 0.29) is 11.5 Å². The second-order valence-electron chi connectivity index (χ2n) is 4.54. The van der Waals surface area contributed by atoms with Gasteiger partial charge in [0, 0.05) is 11.8 Å². The highest BCUT2D eigenvalue weighted by Gasteiger charge is 2.43. The van der Waals surface area contributed by atoms with E-state index in [1.807, 2.05) is 13.8 Å². The third-order valence-electron chi connectivity index (χ3n) is 3.13. The minimum Gasteiger partial charge on any atom is -0.395 e. The maximum absolute atomic E-state index is 13.0. The van der Waals surface area contributed by atoms with Gasteiger partial charge in [-0.15, -0.1) is 19.0 Å². The van der Waals surface area contributed by atoms with Gasteiger partial charge in [0.2, 0.25) is 0 Å². The van der Waals surface area contributed by atoms with Gasteiger partial charge >= 0.3 is 6.29 Å². The molecule has 1 aliphatic rings. The van der Waals surface area contributed by atoms with Crippen molar-refractivity contribution in [2.45, 2.75) is 20.1 Å². The summed E-state index contributed by atoms with van der Waals surface area (Å²) in [5.74, 6) is 0.435. The van der Waals surface area contributed by atoms with Gasteiger partial charge in [0.15, 0.2) is 22.5 Å². The number of benzene rings is 1. The predicted molar refractivity (Wildman–Crippen MR) is 72.4 cm³/mol. The summed E-state index contributed by atoms with van der Waals surface area (Å²) in [4.78, 5) is 0. The maximum Gasteiger partial charge on any atom is 0.586 e. The van der Waals surface area contributed by atoms with Gasteiger partial charge in [0.25, 0.3) is 0 Å². The average molecular weight is 314 g/mol. The maximum atomic E-state index is 13.0. The number of nitrogens with zero attached hydrogens (tertiary/aromatic N) is 2. The molecule has 1 N–H and O–H groups in total. The summed E-state index contributed by atoms with van der Waals surface area (Å²) in [7, 11) is 0. The summed E-state index contributed by atoms with van der Waals surface area (Å²) >= 11 is 5.88. The first-order valence-corrected chi connectivity index (χ1v) is 6.40. The molecule has 0 radical (unpaired) electrons. The number of fused-ring (bicyclic) bond motifs is 1. The van der Waals surface area contributed by atoms with Crippen LogP contribution in [0.2, 0.25) is 5.15 Å². The smallest absolute Gasteiger partial charge is 0.395 e. The standard InChI is InChI=1S/C13H10ClF2N3O2/c1-6-7(2)12(19-18-11(6)14)17-8-3-4-9-10(5-8)21-13(15,16)20-9/h3-5H,1-2H3,(H,17,19). The topological polar surface area (TPSA) is 56.3 Å². The zero-order chi connectivity index (χ0) is 15.2. The molecule has 2 heterocycles. The molecule has 0 aliphatic carbocycles. The Balaban J connectivity index is 1.89. The molecule has 5 nitrogen and oxygen atoms in total. The van der Waals surface area contributed by atoms with E-state index >= 15 is 0 Å². The van der Waals surface area contributed by atoms with E-state index in [1.54, 1.807) is 6.07 Å². The monoisotopic (exact) mass is 313 g/mol. The molecule has 110 valence electrons. The van der Waals surface area contributed by atoms with E-state index in [1.165, 1.54) is 12.1 Å². The molecule has 0 atom stereocenters. The number of halogens is 3. The minimum atomic E-state index is -3.63. The summed E-state index contributed by atoms with van der Waals surface area (Å²) < 4.78 is 34.6. The van der Waals surface area contributed by atoms with Crippen LogP contribution in [0.25, 0.3) is 0 Å². The molecule has 21 heavy (non-hydrogen) atoms. The lowest BCUT2D eigenvalue weighted by molar-refractivity contribution is -0.286. The number of nitrogens with one attached hydrogen (secondary N) is 1. The van der Waals surface area contributed by atoms with Gasteiger partial charge in [-0.2, -0.15) is 0 Å². The lowest BCUT2D eigenvalue weighted by atomic mass is 10.2. The molecular weight excluding hydrogens is 304 g/mol. The van der Waals surface area contributed by atoms with Crippen molar-refractivity contribution in [2.24, 2.45) is 0 Å². The third-order valence-corrected chi connectivity index (χ3v) is 3.49. The number of aromatic nitrogens is 2. The van der Waals surface area contributed by atoms with Gasteiger partial charge in [-0.05, 0) is 37.1 Å². The van der Waals surface area contributed by atoms with Gasteiger partial charge in [-0.1, -0.05) is 11.6 Å². The Morgan fingerprint density at radius 2 is 1.81 bits per heavy atom. The van der Waals surface area contributed by atoms with Gasteiger partial charge in [0.05, 0.1) is 0 Å². The van der Waals surface area contributed by atoms with Crippen LogP contribution in [0.5, 0.6) is 11.5 Å². The van der Waals surface area contributed by atoms with E-state index < -0.39 is 6.29 Å². The second-order valence-corrected chi connectivity index (χ2v) is 4.90. The zero-order valence-corrected chi connectivity index (χ0v) is 11.8. The van der Waals surface area contributed by atoms with E-state index in [4.69, 9.17) is 11.6 Å². The minimum absolute atomic E-state index is 0.0133. The summed E-state index contributed by atoms with van der Waals surface area (Å²) in [6, 6.07) is 4.38. The van der Waals surface area contributed by atoms with Gasteiger partial charge in [-0.25, -0.2) is 0 Å². The Kier molecular flexibility index (Phi) is 3.09. The number of hydrogen-bond donors (Lipinski definition) is 1. The molecule has 0 saturated heterocycles. The van der Waals surface area contributed by atoms with Crippen LogP contribution in [0.3, 0.4) is 0 Å². The largest absolute Gasteiger partial charge is 0.586 e. The number of alkyl halides is 2. The van der Waals surface area contributed by atoms with Gasteiger partial charge in [-0.3, -0.25) is 0 Å². The van der Waals surface area contributed by atoms with E-state index in [0.29, 0.717) is 16.7 Å². The first-order chi connectivity index (χ1) is 9.85. The number of hydrogen-bond acceptors (Lipinski definition) is 5. The first kappa shape index (κ1) is 13.8. The highest BCUT2D eigenvalue weighted by Crippen LogP contribution is 2.42. The van der Waals surface area contributed by atoms with Crippen LogP contribution in [-0.2, 0) is 0 Å². The van der Waals surface area contributed by atoms with Crippen LogP contribution >= 0.6 is 11.6 Å². The molecule has 0 fully saturated rings. The van der Waals surface area contributed by atoms with Gasteiger partial charge < -0.3 is 14.8 Å². The van der Waals surface area contributed by atoms with Crippen molar-refractivity contribution < 1.29 is 18.3 Å². The van der Waals surface area contributed by atoms with Crippen molar-refractivity contribution in [2.75, 3.05) is 5.32 Å². The van der Waals surface area contributed by atoms with Crippen molar-refractivity contribution in [3.05, 3.63) is 34.5 Å². The van der Waals surface area contributed by atoms with Crippen LogP contribution in [0.1, 0.15) is 11.1 Å². The van der Waals surface area contributed by atoms with E-state index in [0.717, 1.165) is 11.1 Å². The Morgan fingerprint density at radius 3 is 2.57 bits per heavy atom. The molecule has 1 aliphatic heterocycles. The Morgan fingerprint density at radius 1 is 1.10 bits per heavy atom. The molecule has 1 aromatic carbocycles. The van der Waals surface area contributed by atoms with E-state index in [9.17, 15) is 8.78 Å².